The van der Waals surface area contributed by atoms with Crippen LogP contribution in [0.3, 0.4) is 0 Å². The Morgan fingerprint density at radius 1 is 0.618 bits per heavy atom. The number of nitrogens with zero attached hydrogens (tertiary/aromatic N) is 2. The molecule has 2 aliphatic heterocycles. The fourth-order valence-electron chi connectivity index (χ4n) is 10.5. The molecular formula is C51H53BN2O. The molecule has 0 saturated carbocycles. The number of fused-ring (bicyclic) bond motifs is 8. The lowest BCUT2D eigenvalue weighted by Crippen LogP contribution is -2.61. The summed E-state index contributed by atoms with van der Waals surface area (Å²) in [4.78, 5) is 5.01. The van der Waals surface area contributed by atoms with Crippen LogP contribution in [0.5, 0.6) is 0 Å². The lowest BCUT2D eigenvalue weighted by molar-refractivity contribution is 0.332. The Labute approximate surface area is 328 Å². The van der Waals surface area contributed by atoms with Gasteiger partial charge in [-0.15, -0.1) is 0 Å². The molecule has 0 atom stereocenters. The maximum Gasteiger partial charge on any atom is 0.297 e. The van der Waals surface area contributed by atoms with E-state index in [-0.39, 0.29) is 28.4 Å². The molecule has 0 amide bonds. The van der Waals surface area contributed by atoms with Gasteiger partial charge in [0, 0.05) is 33.7 Å². The van der Waals surface area contributed by atoms with E-state index in [1.165, 1.54) is 61.2 Å². The van der Waals surface area contributed by atoms with E-state index in [0.29, 0.717) is 5.92 Å². The van der Waals surface area contributed by atoms with E-state index in [0.717, 1.165) is 54.0 Å². The van der Waals surface area contributed by atoms with Crippen molar-refractivity contribution in [1.82, 2.24) is 0 Å². The summed E-state index contributed by atoms with van der Waals surface area (Å²) < 4.78 is 7.21. The van der Waals surface area contributed by atoms with E-state index in [9.17, 15) is 0 Å². The zero-order valence-corrected chi connectivity index (χ0v) is 34.4. The molecule has 3 nitrogen and oxygen atoms in total. The molecule has 276 valence electrons. The van der Waals surface area contributed by atoms with Gasteiger partial charge in [0.2, 0.25) is 0 Å². The molecule has 0 spiro atoms. The molecule has 10 rings (SSSR count). The minimum atomic E-state index is -0.0783. The van der Waals surface area contributed by atoms with Gasteiger partial charge in [0.05, 0.1) is 17.0 Å². The molecule has 5 aromatic carbocycles. The monoisotopic (exact) mass is 720 g/mol. The summed E-state index contributed by atoms with van der Waals surface area (Å²) in [5.74, 6) is 0.406. The first-order valence-electron chi connectivity index (χ1n) is 20.6. The van der Waals surface area contributed by atoms with E-state index in [1.54, 1.807) is 0 Å². The molecule has 2 aliphatic carbocycles. The van der Waals surface area contributed by atoms with E-state index in [1.807, 2.05) is 0 Å². The number of rotatable bonds is 3. The highest BCUT2D eigenvalue weighted by atomic mass is 16.3. The average Bonchev–Trinajstić information content (AvgIpc) is 3.53. The molecular weight excluding hydrogens is 667 g/mol. The lowest BCUT2D eigenvalue weighted by atomic mass is 9.35. The number of para-hydroxylation sites is 1. The minimum absolute atomic E-state index is 0.0481. The van der Waals surface area contributed by atoms with Gasteiger partial charge in [-0.1, -0.05) is 112 Å². The largest absolute Gasteiger partial charge is 0.468 e. The summed E-state index contributed by atoms with van der Waals surface area (Å²) in [6.07, 6.45) is 4.63. The van der Waals surface area contributed by atoms with Crippen molar-refractivity contribution in [2.24, 2.45) is 0 Å². The Bertz CT molecular complexity index is 2550. The zero-order chi connectivity index (χ0) is 38.4. The van der Waals surface area contributed by atoms with Crippen molar-refractivity contribution < 1.29 is 4.42 Å². The Kier molecular flexibility index (Phi) is 7.14. The van der Waals surface area contributed by atoms with Crippen molar-refractivity contribution in [2.75, 3.05) is 9.80 Å². The van der Waals surface area contributed by atoms with E-state index < -0.39 is 0 Å². The van der Waals surface area contributed by atoms with Crippen LogP contribution in [0.1, 0.15) is 129 Å². The predicted octanol–water partition coefficient (Wildman–Crippen LogP) is 11.9. The van der Waals surface area contributed by atoms with E-state index in [4.69, 9.17) is 4.42 Å². The van der Waals surface area contributed by atoms with Crippen LogP contribution in [0.4, 0.5) is 34.1 Å². The van der Waals surface area contributed by atoms with Crippen molar-refractivity contribution in [3.63, 3.8) is 0 Å². The van der Waals surface area contributed by atoms with Gasteiger partial charge in [-0.2, -0.15) is 0 Å². The normalized spacial score (nSPS) is 19.3. The first-order chi connectivity index (χ1) is 26.1. The third-order valence-corrected chi connectivity index (χ3v) is 14.1. The molecule has 1 aromatic heterocycles. The van der Waals surface area contributed by atoms with Crippen molar-refractivity contribution >= 4 is 68.4 Å². The molecule has 0 saturated heterocycles. The van der Waals surface area contributed by atoms with Crippen LogP contribution in [0, 0.1) is 12.1 Å². The average molecular weight is 721 g/mol. The van der Waals surface area contributed by atoms with E-state index in [2.05, 4.69) is 176 Å². The van der Waals surface area contributed by atoms with Crippen LogP contribution >= 0.6 is 0 Å². The van der Waals surface area contributed by atoms with Crippen LogP contribution in [0.2, 0.25) is 0 Å². The van der Waals surface area contributed by atoms with Crippen molar-refractivity contribution in [2.45, 2.75) is 122 Å². The van der Waals surface area contributed by atoms with Crippen molar-refractivity contribution in [1.29, 1.82) is 0 Å². The maximum atomic E-state index is 7.21. The third kappa shape index (κ3) is 4.91. The van der Waals surface area contributed by atoms with Gasteiger partial charge in [-0.05, 0) is 141 Å². The first-order valence-corrected chi connectivity index (χ1v) is 20.6. The standard InChI is InChI=1S/C51H53BN2O/c1-31(2)32-19-22-44-35(27-32)46-47(55-44)52-40-29-38-39(51(9,10)26-25-50(38,7)8)30-43(40)53(34-20-21-36-37(28-34)49(5,6)24-23-48(36,3)4)41-17-14-18-42(45(41)52)54(46)33-15-12-11-13-16-33/h11-19,22,27-31H,23-26H2,1-10H3. The number of furan rings is 1. The number of hydrogen-bond donors (Lipinski definition) is 0. The highest BCUT2D eigenvalue weighted by Crippen LogP contribution is 2.52. The van der Waals surface area contributed by atoms with Gasteiger partial charge < -0.3 is 14.2 Å². The highest BCUT2D eigenvalue weighted by Gasteiger charge is 2.49. The smallest absolute Gasteiger partial charge is 0.297 e. The summed E-state index contributed by atoms with van der Waals surface area (Å²) in [6.45, 7) is 23.8. The molecule has 0 N–H and O–H groups in total. The summed E-state index contributed by atoms with van der Waals surface area (Å²) in [6, 6.07) is 39.8. The van der Waals surface area contributed by atoms with Gasteiger partial charge >= 0.3 is 0 Å². The van der Waals surface area contributed by atoms with Crippen LogP contribution in [0.25, 0.3) is 11.0 Å². The number of anilines is 6. The van der Waals surface area contributed by atoms with Crippen LogP contribution in [0.15, 0.2) is 89.3 Å². The van der Waals surface area contributed by atoms with Gasteiger partial charge in [0.15, 0.2) is 0 Å². The molecule has 0 bridgehead atoms. The van der Waals surface area contributed by atoms with Gasteiger partial charge in [-0.3, -0.25) is 0 Å². The molecule has 4 heteroatoms. The van der Waals surface area contributed by atoms with Gasteiger partial charge in [-0.25, -0.2) is 0 Å². The molecule has 0 unspecified atom stereocenters. The van der Waals surface area contributed by atoms with E-state index >= 15 is 0 Å². The van der Waals surface area contributed by atoms with Gasteiger partial charge in [0.25, 0.3) is 6.71 Å². The second kappa shape index (κ2) is 11.3. The van der Waals surface area contributed by atoms with Crippen LogP contribution < -0.4 is 26.4 Å². The summed E-state index contributed by atoms with van der Waals surface area (Å²) >= 11 is 0. The Balaban J connectivity index is 1.32. The summed E-state index contributed by atoms with van der Waals surface area (Å²) in [5, 5.41) is 1.17. The first kappa shape index (κ1) is 34.6. The highest BCUT2D eigenvalue weighted by molar-refractivity contribution is 7.00. The second-order valence-corrected chi connectivity index (χ2v) is 19.9. The van der Waals surface area contributed by atoms with Crippen molar-refractivity contribution in [3.8, 4) is 0 Å². The SMILES string of the molecule is CC(C)c1ccc2oc3c(c2c1)N(c1ccccc1)c1cccc2c1B3c1cc3c(cc1N2c1c#cc2c(c1)C(C)(C)CCC2(C)C)C(C)(C)CCC3(C)C. The van der Waals surface area contributed by atoms with Crippen molar-refractivity contribution in [3.05, 3.63) is 125 Å². The molecule has 4 aliphatic rings. The van der Waals surface area contributed by atoms with Crippen LogP contribution in [-0.2, 0) is 21.7 Å². The summed E-state index contributed by atoms with van der Waals surface area (Å²) in [5.41, 5.74) is 18.7. The fraction of sp³-hybridized carbons (Fsp3) is 0.373. The topological polar surface area (TPSA) is 19.6 Å². The molecule has 55 heavy (non-hydrogen) atoms. The fourth-order valence-corrected chi connectivity index (χ4v) is 10.5. The minimum Gasteiger partial charge on any atom is -0.468 e. The Morgan fingerprint density at radius 3 is 1.95 bits per heavy atom. The van der Waals surface area contributed by atoms with Gasteiger partial charge in [0.1, 0.15) is 5.58 Å². The molecule has 0 radical (unpaired) electrons. The Morgan fingerprint density at radius 2 is 1.25 bits per heavy atom. The zero-order valence-electron chi connectivity index (χ0n) is 34.4. The third-order valence-electron chi connectivity index (χ3n) is 14.1. The van der Waals surface area contributed by atoms with Crippen LogP contribution in [-0.4, -0.2) is 6.71 Å². The predicted molar refractivity (Wildman–Crippen MR) is 233 cm³/mol. The second-order valence-electron chi connectivity index (χ2n) is 19.9. The number of benzene rings is 4. The number of hydrogen-bond acceptors (Lipinski definition) is 3. The quantitative estimate of drug-likeness (QED) is 0.169. The molecule has 3 heterocycles. The Hall–Kier alpha value is -4.88. The maximum absolute atomic E-state index is 7.21. The lowest BCUT2D eigenvalue weighted by Gasteiger charge is -2.46. The summed E-state index contributed by atoms with van der Waals surface area (Å²) in [7, 11) is 0. The molecule has 0 fully saturated rings. The molecule has 6 aromatic rings.